The second kappa shape index (κ2) is 6.90. The van der Waals surface area contributed by atoms with Crippen LogP contribution in [0.4, 0.5) is 5.82 Å². The first kappa shape index (κ1) is 16.3. The molecule has 0 amide bonds. The molecule has 0 radical (unpaired) electrons. The van der Waals surface area contributed by atoms with Gasteiger partial charge >= 0.3 is 0 Å². The number of rotatable bonds is 6. The van der Waals surface area contributed by atoms with Crippen molar-refractivity contribution in [3.8, 4) is 0 Å². The number of anilines is 1. The predicted octanol–water partition coefficient (Wildman–Crippen LogP) is 3.76. The van der Waals surface area contributed by atoms with E-state index in [2.05, 4.69) is 39.5 Å². The van der Waals surface area contributed by atoms with Crippen molar-refractivity contribution in [1.29, 1.82) is 0 Å². The quantitative estimate of drug-likeness (QED) is 0.710. The first-order valence-electron chi connectivity index (χ1n) is 7.59. The molecular weight excluding hydrogens is 328 g/mol. The summed E-state index contributed by atoms with van der Waals surface area (Å²) in [5, 5.41) is 18.7. The van der Waals surface area contributed by atoms with Crippen molar-refractivity contribution in [2.24, 2.45) is 5.92 Å². The molecule has 23 heavy (non-hydrogen) atoms. The van der Waals surface area contributed by atoms with Gasteiger partial charge < -0.3 is 10.4 Å². The van der Waals surface area contributed by atoms with Crippen LogP contribution in [0.15, 0.2) is 10.8 Å². The van der Waals surface area contributed by atoms with E-state index in [0.717, 1.165) is 33.3 Å². The third-order valence-corrected chi connectivity index (χ3v) is 5.24. The predicted molar refractivity (Wildman–Crippen MR) is 96.1 cm³/mol. The summed E-state index contributed by atoms with van der Waals surface area (Å²) in [6.07, 6.45) is 1.02. The SMILES string of the molecule is Cc1nc(NCc2nc(CO)cs2)c2c(CC(C)C)csc2n1. The van der Waals surface area contributed by atoms with Crippen LogP contribution in [-0.2, 0) is 19.6 Å². The van der Waals surface area contributed by atoms with Gasteiger partial charge in [0.2, 0.25) is 0 Å². The third kappa shape index (κ3) is 3.68. The van der Waals surface area contributed by atoms with Crippen LogP contribution in [0.3, 0.4) is 0 Å². The minimum Gasteiger partial charge on any atom is -0.390 e. The molecule has 0 spiro atoms. The largest absolute Gasteiger partial charge is 0.390 e. The number of nitrogens with zero attached hydrogens (tertiary/aromatic N) is 3. The molecule has 0 fully saturated rings. The molecule has 3 rings (SSSR count). The van der Waals surface area contributed by atoms with Crippen molar-refractivity contribution < 1.29 is 5.11 Å². The lowest BCUT2D eigenvalue weighted by molar-refractivity contribution is 0.277. The molecule has 0 aliphatic rings. The maximum Gasteiger partial charge on any atom is 0.139 e. The Morgan fingerprint density at radius 2 is 2.00 bits per heavy atom. The van der Waals surface area contributed by atoms with Gasteiger partial charge in [-0.2, -0.15) is 0 Å². The third-order valence-electron chi connectivity index (χ3n) is 3.42. The van der Waals surface area contributed by atoms with E-state index in [-0.39, 0.29) is 6.61 Å². The van der Waals surface area contributed by atoms with Crippen LogP contribution in [0.25, 0.3) is 10.2 Å². The summed E-state index contributed by atoms with van der Waals surface area (Å²) in [4.78, 5) is 14.6. The van der Waals surface area contributed by atoms with Crippen LogP contribution in [-0.4, -0.2) is 20.1 Å². The molecular formula is C16H20N4OS2. The molecule has 0 unspecified atom stereocenters. The average molecular weight is 348 g/mol. The van der Waals surface area contributed by atoms with Gasteiger partial charge in [0.15, 0.2) is 0 Å². The van der Waals surface area contributed by atoms with Crippen molar-refractivity contribution in [2.45, 2.75) is 40.3 Å². The van der Waals surface area contributed by atoms with Gasteiger partial charge in [-0.05, 0) is 30.2 Å². The molecule has 5 nitrogen and oxygen atoms in total. The first-order valence-corrected chi connectivity index (χ1v) is 9.35. The molecule has 3 aromatic rings. The fourth-order valence-electron chi connectivity index (χ4n) is 2.49. The Bertz CT molecular complexity index is 810. The molecule has 0 saturated carbocycles. The molecule has 122 valence electrons. The maximum atomic E-state index is 9.11. The summed E-state index contributed by atoms with van der Waals surface area (Å²) < 4.78 is 0. The van der Waals surface area contributed by atoms with E-state index in [0.29, 0.717) is 18.2 Å². The molecule has 0 aliphatic carbocycles. The number of aliphatic hydroxyl groups excluding tert-OH is 1. The van der Waals surface area contributed by atoms with Gasteiger partial charge in [-0.25, -0.2) is 15.0 Å². The fraction of sp³-hybridized carbons (Fsp3) is 0.438. The number of thiophene rings is 1. The van der Waals surface area contributed by atoms with Crippen molar-refractivity contribution in [3.63, 3.8) is 0 Å². The molecule has 0 bridgehead atoms. The van der Waals surface area contributed by atoms with E-state index in [4.69, 9.17) is 5.11 Å². The van der Waals surface area contributed by atoms with E-state index >= 15 is 0 Å². The van der Waals surface area contributed by atoms with Crippen molar-refractivity contribution in [2.75, 3.05) is 5.32 Å². The number of aryl methyl sites for hydroxylation is 1. The minimum absolute atomic E-state index is 0.0174. The van der Waals surface area contributed by atoms with Gasteiger partial charge in [0.25, 0.3) is 0 Å². The average Bonchev–Trinajstić information content (AvgIpc) is 3.11. The van der Waals surface area contributed by atoms with E-state index in [1.54, 1.807) is 22.7 Å². The number of aliphatic hydroxyl groups is 1. The van der Waals surface area contributed by atoms with Crippen LogP contribution < -0.4 is 5.32 Å². The highest BCUT2D eigenvalue weighted by Gasteiger charge is 2.14. The molecule has 0 aromatic carbocycles. The van der Waals surface area contributed by atoms with Gasteiger partial charge in [0.05, 0.1) is 24.2 Å². The summed E-state index contributed by atoms with van der Waals surface area (Å²) in [6, 6.07) is 0. The van der Waals surface area contributed by atoms with Gasteiger partial charge in [0, 0.05) is 5.38 Å². The van der Waals surface area contributed by atoms with Crippen LogP contribution >= 0.6 is 22.7 Å². The minimum atomic E-state index is -0.0174. The second-order valence-corrected chi connectivity index (χ2v) is 7.70. The Morgan fingerprint density at radius 3 is 2.70 bits per heavy atom. The number of hydrogen-bond acceptors (Lipinski definition) is 7. The Balaban J connectivity index is 1.90. The van der Waals surface area contributed by atoms with E-state index in [1.165, 1.54) is 5.56 Å². The fourth-order valence-corrected chi connectivity index (χ4v) is 4.21. The van der Waals surface area contributed by atoms with Gasteiger partial charge in [0.1, 0.15) is 21.5 Å². The standard InChI is InChI=1S/C16H20N4OS2/c1-9(2)4-11-7-23-16-14(11)15(18-10(3)19-16)17-5-13-20-12(6-21)8-22-13/h7-9,21H,4-6H2,1-3H3,(H,17,18,19). The zero-order valence-electron chi connectivity index (χ0n) is 13.5. The second-order valence-electron chi connectivity index (χ2n) is 5.90. The Labute approximate surface area is 143 Å². The zero-order valence-corrected chi connectivity index (χ0v) is 15.1. The van der Waals surface area contributed by atoms with Crippen molar-refractivity contribution in [3.05, 3.63) is 32.8 Å². The molecule has 0 aliphatic heterocycles. The van der Waals surface area contributed by atoms with E-state index in [1.807, 2.05) is 12.3 Å². The van der Waals surface area contributed by atoms with Crippen LogP contribution in [0.1, 0.15) is 35.9 Å². The maximum absolute atomic E-state index is 9.11. The highest BCUT2D eigenvalue weighted by molar-refractivity contribution is 7.17. The number of fused-ring (bicyclic) bond motifs is 1. The molecule has 3 heterocycles. The monoisotopic (exact) mass is 348 g/mol. The van der Waals surface area contributed by atoms with Crippen LogP contribution in [0.5, 0.6) is 0 Å². The Morgan fingerprint density at radius 1 is 1.17 bits per heavy atom. The lowest BCUT2D eigenvalue weighted by Gasteiger charge is -2.09. The smallest absolute Gasteiger partial charge is 0.139 e. The summed E-state index contributed by atoms with van der Waals surface area (Å²) >= 11 is 3.22. The van der Waals surface area contributed by atoms with Crippen molar-refractivity contribution in [1.82, 2.24) is 15.0 Å². The summed E-state index contributed by atoms with van der Waals surface area (Å²) in [5.41, 5.74) is 2.02. The summed E-state index contributed by atoms with van der Waals surface area (Å²) in [5.74, 6) is 2.24. The van der Waals surface area contributed by atoms with E-state index in [9.17, 15) is 0 Å². The molecule has 0 saturated heterocycles. The lowest BCUT2D eigenvalue weighted by Crippen LogP contribution is -2.05. The topological polar surface area (TPSA) is 70.9 Å². The van der Waals surface area contributed by atoms with Gasteiger partial charge in [-0.3, -0.25) is 0 Å². The lowest BCUT2D eigenvalue weighted by atomic mass is 10.0. The number of aromatic nitrogens is 3. The van der Waals surface area contributed by atoms with Gasteiger partial charge in [-0.15, -0.1) is 22.7 Å². The zero-order chi connectivity index (χ0) is 16.4. The summed E-state index contributed by atoms with van der Waals surface area (Å²) in [6.45, 7) is 6.94. The summed E-state index contributed by atoms with van der Waals surface area (Å²) in [7, 11) is 0. The van der Waals surface area contributed by atoms with Crippen LogP contribution in [0, 0.1) is 12.8 Å². The van der Waals surface area contributed by atoms with Crippen LogP contribution in [0.2, 0.25) is 0 Å². The Hall–Kier alpha value is -1.57. The molecule has 3 aromatic heterocycles. The van der Waals surface area contributed by atoms with Crippen molar-refractivity contribution >= 4 is 38.7 Å². The normalized spacial score (nSPS) is 11.5. The molecule has 0 atom stereocenters. The Kier molecular flexibility index (Phi) is 4.89. The number of thiazole rings is 1. The van der Waals surface area contributed by atoms with E-state index < -0.39 is 0 Å². The first-order chi connectivity index (χ1) is 11.1. The number of hydrogen-bond donors (Lipinski definition) is 2. The highest BCUT2D eigenvalue weighted by atomic mass is 32.1. The highest BCUT2D eigenvalue weighted by Crippen LogP contribution is 2.32. The molecule has 2 N–H and O–H groups in total. The molecule has 7 heteroatoms. The number of nitrogens with one attached hydrogen (secondary N) is 1. The van der Waals surface area contributed by atoms with Gasteiger partial charge in [-0.1, -0.05) is 13.8 Å².